The maximum absolute atomic E-state index is 12.8. The van der Waals surface area contributed by atoms with E-state index in [1.165, 1.54) is 30.4 Å². The largest absolute Gasteiger partial charge is 0.338 e. The maximum atomic E-state index is 12.8. The summed E-state index contributed by atoms with van der Waals surface area (Å²) in [6.45, 7) is 8.91. The molecule has 0 saturated carbocycles. The number of benzene rings is 1. The minimum absolute atomic E-state index is 0.287. The molecular weight excluding hydrogens is 332 g/mol. The summed E-state index contributed by atoms with van der Waals surface area (Å²) in [5.74, 6) is 0.766. The van der Waals surface area contributed by atoms with Crippen molar-refractivity contribution in [2.24, 2.45) is 11.7 Å². The number of nitrogens with two attached hydrogens (primary N) is 1. The minimum atomic E-state index is 0.287. The highest BCUT2D eigenvalue weighted by Gasteiger charge is 2.16. The molecule has 0 aliphatic rings. The number of nitrogens with zero attached hydrogens (tertiary/aromatic N) is 1. The molecule has 0 atom stereocenters. The van der Waals surface area contributed by atoms with Crippen molar-refractivity contribution < 1.29 is 4.79 Å². The van der Waals surface area contributed by atoms with E-state index in [0.717, 1.165) is 38.8 Å². The summed E-state index contributed by atoms with van der Waals surface area (Å²) < 4.78 is 0. The molecule has 1 aromatic rings. The first-order valence-corrected chi connectivity index (χ1v) is 10.8. The second-order valence-corrected chi connectivity index (χ2v) is 7.94. The van der Waals surface area contributed by atoms with Crippen molar-refractivity contribution in [3.63, 3.8) is 0 Å². The topological polar surface area (TPSA) is 46.3 Å². The summed E-state index contributed by atoms with van der Waals surface area (Å²) in [5, 5.41) is 0. The van der Waals surface area contributed by atoms with Crippen molar-refractivity contribution in [2.45, 2.75) is 72.1 Å². The van der Waals surface area contributed by atoms with E-state index in [0.29, 0.717) is 18.9 Å². The number of carbonyl (C=O) groups is 1. The standard InChI is InChI=1S/C24H40N2O/c1-4-5-8-15-23(18-22-13-9-6-10-14-22)20-26(19-21(2)3)24(27)16-11-7-12-17-25/h6,9-10,13-14,18,21H,4-5,7-8,11-12,15-17,19-20,25H2,1-3H3. The second kappa shape index (κ2) is 14.4. The van der Waals surface area contributed by atoms with Gasteiger partial charge in [-0.05, 0) is 43.7 Å². The summed E-state index contributed by atoms with van der Waals surface area (Å²) >= 11 is 0. The fourth-order valence-electron chi connectivity index (χ4n) is 3.28. The van der Waals surface area contributed by atoms with Crippen molar-refractivity contribution in [1.29, 1.82) is 0 Å². The van der Waals surface area contributed by atoms with Gasteiger partial charge in [0.25, 0.3) is 0 Å². The lowest BCUT2D eigenvalue weighted by molar-refractivity contribution is -0.131. The molecule has 3 heteroatoms. The molecule has 0 aliphatic heterocycles. The van der Waals surface area contributed by atoms with Gasteiger partial charge in [0.1, 0.15) is 0 Å². The van der Waals surface area contributed by atoms with Crippen LogP contribution in [-0.4, -0.2) is 30.4 Å². The quantitative estimate of drug-likeness (QED) is 0.429. The molecule has 0 aliphatic carbocycles. The third-order valence-corrected chi connectivity index (χ3v) is 4.70. The number of hydrogen-bond donors (Lipinski definition) is 1. The molecule has 0 aromatic heterocycles. The normalized spacial score (nSPS) is 11.8. The Labute approximate surface area is 167 Å². The van der Waals surface area contributed by atoms with Gasteiger partial charge in [-0.25, -0.2) is 0 Å². The van der Waals surface area contributed by atoms with Crippen LogP contribution in [0.1, 0.15) is 77.7 Å². The molecule has 3 nitrogen and oxygen atoms in total. The molecule has 1 aromatic carbocycles. The van der Waals surface area contributed by atoms with Gasteiger partial charge >= 0.3 is 0 Å². The van der Waals surface area contributed by atoms with E-state index < -0.39 is 0 Å². The molecule has 1 amide bonds. The summed E-state index contributed by atoms with van der Waals surface area (Å²) in [7, 11) is 0. The van der Waals surface area contributed by atoms with Crippen molar-refractivity contribution in [3.8, 4) is 0 Å². The Kier molecular flexibility index (Phi) is 12.5. The van der Waals surface area contributed by atoms with Crippen LogP contribution in [0, 0.1) is 5.92 Å². The average Bonchev–Trinajstić information content (AvgIpc) is 2.65. The van der Waals surface area contributed by atoms with Gasteiger partial charge in [-0.15, -0.1) is 0 Å². The Morgan fingerprint density at radius 2 is 1.74 bits per heavy atom. The Morgan fingerprint density at radius 3 is 2.37 bits per heavy atom. The van der Waals surface area contributed by atoms with Gasteiger partial charge in [-0.1, -0.05) is 82.0 Å². The third-order valence-electron chi connectivity index (χ3n) is 4.70. The molecule has 27 heavy (non-hydrogen) atoms. The van der Waals surface area contributed by atoms with E-state index in [4.69, 9.17) is 5.73 Å². The second-order valence-electron chi connectivity index (χ2n) is 7.94. The summed E-state index contributed by atoms with van der Waals surface area (Å²) in [6.07, 6.45) is 10.6. The first-order valence-electron chi connectivity index (χ1n) is 10.8. The maximum Gasteiger partial charge on any atom is 0.222 e. The van der Waals surface area contributed by atoms with Crippen molar-refractivity contribution in [1.82, 2.24) is 4.90 Å². The molecule has 0 fully saturated rings. The van der Waals surface area contributed by atoms with Gasteiger partial charge in [-0.2, -0.15) is 0 Å². The SMILES string of the molecule is CCCCCC(=Cc1ccccc1)CN(CC(C)C)C(=O)CCCCCN. The van der Waals surface area contributed by atoms with E-state index in [2.05, 4.69) is 56.0 Å². The predicted molar refractivity (Wildman–Crippen MR) is 118 cm³/mol. The van der Waals surface area contributed by atoms with Crippen LogP contribution in [0.2, 0.25) is 0 Å². The highest BCUT2D eigenvalue weighted by molar-refractivity contribution is 5.76. The van der Waals surface area contributed by atoms with Crippen LogP contribution in [0.4, 0.5) is 0 Å². The average molecular weight is 373 g/mol. The molecule has 2 N–H and O–H groups in total. The van der Waals surface area contributed by atoms with Crippen LogP contribution >= 0.6 is 0 Å². The van der Waals surface area contributed by atoms with E-state index >= 15 is 0 Å². The molecular formula is C24H40N2O. The van der Waals surface area contributed by atoms with Crippen LogP contribution in [0.25, 0.3) is 6.08 Å². The molecule has 0 heterocycles. The van der Waals surface area contributed by atoms with Gasteiger partial charge in [0.05, 0.1) is 0 Å². The molecule has 0 bridgehead atoms. The first kappa shape index (κ1) is 23.4. The van der Waals surface area contributed by atoms with E-state index in [9.17, 15) is 4.79 Å². The fourth-order valence-corrected chi connectivity index (χ4v) is 3.28. The zero-order valence-electron chi connectivity index (χ0n) is 17.8. The molecule has 1 rings (SSSR count). The van der Waals surface area contributed by atoms with Gasteiger partial charge in [-0.3, -0.25) is 4.79 Å². The molecule has 0 unspecified atom stereocenters. The highest BCUT2D eigenvalue weighted by Crippen LogP contribution is 2.17. The number of unbranched alkanes of at least 4 members (excludes halogenated alkanes) is 4. The van der Waals surface area contributed by atoms with Crippen LogP contribution in [0.15, 0.2) is 35.9 Å². The minimum Gasteiger partial charge on any atom is -0.338 e. The zero-order valence-corrected chi connectivity index (χ0v) is 17.8. The van der Waals surface area contributed by atoms with Crippen molar-refractivity contribution in [3.05, 3.63) is 41.5 Å². The molecule has 0 spiro atoms. The van der Waals surface area contributed by atoms with Crippen LogP contribution in [0.3, 0.4) is 0 Å². The Hall–Kier alpha value is -1.61. The number of hydrogen-bond acceptors (Lipinski definition) is 2. The Balaban J connectivity index is 2.82. The predicted octanol–water partition coefficient (Wildman–Crippen LogP) is 5.65. The van der Waals surface area contributed by atoms with E-state index in [1.54, 1.807) is 0 Å². The Bertz CT molecular complexity index is 537. The molecule has 152 valence electrons. The summed E-state index contributed by atoms with van der Waals surface area (Å²) in [6, 6.07) is 10.5. The third kappa shape index (κ3) is 11.0. The van der Waals surface area contributed by atoms with Crippen molar-refractivity contribution >= 4 is 12.0 Å². The van der Waals surface area contributed by atoms with E-state index in [1.807, 2.05) is 6.07 Å². The lowest BCUT2D eigenvalue weighted by Crippen LogP contribution is -2.35. The number of amides is 1. The lowest BCUT2D eigenvalue weighted by Gasteiger charge is -2.26. The monoisotopic (exact) mass is 372 g/mol. The lowest BCUT2D eigenvalue weighted by atomic mass is 10.0. The van der Waals surface area contributed by atoms with Gasteiger partial charge in [0.15, 0.2) is 0 Å². The van der Waals surface area contributed by atoms with E-state index in [-0.39, 0.29) is 5.91 Å². The van der Waals surface area contributed by atoms with Crippen LogP contribution in [-0.2, 0) is 4.79 Å². The first-order chi connectivity index (χ1) is 13.1. The summed E-state index contributed by atoms with van der Waals surface area (Å²) in [4.78, 5) is 14.9. The van der Waals surface area contributed by atoms with Gasteiger partial charge in [0, 0.05) is 19.5 Å². The zero-order chi connectivity index (χ0) is 19.9. The Morgan fingerprint density at radius 1 is 1.04 bits per heavy atom. The van der Waals surface area contributed by atoms with Crippen molar-refractivity contribution in [2.75, 3.05) is 19.6 Å². The highest BCUT2D eigenvalue weighted by atomic mass is 16.2. The van der Waals surface area contributed by atoms with Crippen LogP contribution in [0.5, 0.6) is 0 Å². The molecule has 0 radical (unpaired) electrons. The van der Waals surface area contributed by atoms with Gasteiger partial charge < -0.3 is 10.6 Å². The number of rotatable bonds is 14. The van der Waals surface area contributed by atoms with Crippen LogP contribution < -0.4 is 5.73 Å². The summed E-state index contributed by atoms with van der Waals surface area (Å²) in [5.41, 5.74) is 8.16. The number of carbonyl (C=O) groups excluding carboxylic acids is 1. The van der Waals surface area contributed by atoms with Gasteiger partial charge in [0.2, 0.25) is 5.91 Å². The molecule has 0 saturated heterocycles. The smallest absolute Gasteiger partial charge is 0.222 e. The fraction of sp³-hybridized carbons (Fsp3) is 0.625.